The molecule has 2 amide bonds. The van der Waals surface area contributed by atoms with Crippen molar-refractivity contribution in [2.24, 2.45) is 5.73 Å². The molecule has 0 unspecified atom stereocenters. The number of anilines is 1. The van der Waals surface area contributed by atoms with Crippen molar-refractivity contribution < 1.29 is 14.3 Å². The minimum absolute atomic E-state index is 0.200. The van der Waals surface area contributed by atoms with Gasteiger partial charge in [-0.25, -0.2) is 0 Å². The number of hydrogen-bond donors (Lipinski definition) is 2. The molecule has 3 rings (SSSR count). The first-order valence-corrected chi connectivity index (χ1v) is 8.97. The predicted octanol–water partition coefficient (Wildman–Crippen LogP) is 4.90. The summed E-state index contributed by atoms with van der Waals surface area (Å²) in [5.41, 5.74) is 7.92. The molecule has 3 N–H and O–H groups in total. The van der Waals surface area contributed by atoms with E-state index in [1.165, 1.54) is 0 Å². The zero-order valence-corrected chi connectivity index (χ0v) is 16.1. The van der Waals surface area contributed by atoms with Gasteiger partial charge in [-0.3, -0.25) is 9.59 Å². The molecular formula is C21H17BrN2O3. The molecule has 0 spiro atoms. The highest BCUT2D eigenvalue weighted by Gasteiger charge is 2.08. The van der Waals surface area contributed by atoms with Crippen molar-refractivity contribution in [3.8, 4) is 11.5 Å². The lowest BCUT2D eigenvalue weighted by molar-refractivity contribution is 0.0997. The van der Waals surface area contributed by atoms with Crippen LogP contribution in [0.4, 0.5) is 5.69 Å². The Morgan fingerprint density at radius 2 is 1.44 bits per heavy atom. The minimum atomic E-state index is -0.488. The first-order valence-electron chi connectivity index (χ1n) is 8.17. The number of aryl methyl sites for hydroxylation is 1. The van der Waals surface area contributed by atoms with Crippen LogP contribution in [-0.4, -0.2) is 11.8 Å². The number of nitrogens with two attached hydrogens (primary N) is 1. The second kappa shape index (κ2) is 8.05. The number of carbonyl (C=O) groups excluding carboxylic acids is 2. The largest absolute Gasteiger partial charge is 0.457 e. The smallest absolute Gasteiger partial charge is 0.255 e. The van der Waals surface area contributed by atoms with Crippen molar-refractivity contribution in [3.05, 3.63) is 87.9 Å². The second-order valence-electron chi connectivity index (χ2n) is 5.93. The average Bonchev–Trinajstić information content (AvgIpc) is 2.66. The van der Waals surface area contributed by atoms with E-state index in [0.717, 1.165) is 15.7 Å². The van der Waals surface area contributed by atoms with E-state index in [2.05, 4.69) is 21.2 Å². The molecule has 27 heavy (non-hydrogen) atoms. The molecule has 0 aromatic heterocycles. The first-order chi connectivity index (χ1) is 12.9. The summed E-state index contributed by atoms with van der Waals surface area (Å²) in [7, 11) is 0. The van der Waals surface area contributed by atoms with Gasteiger partial charge in [0.2, 0.25) is 5.91 Å². The van der Waals surface area contributed by atoms with Gasteiger partial charge in [0.25, 0.3) is 5.91 Å². The van der Waals surface area contributed by atoms with Crippen LogP contribution in [0.15, 0.2) is 71.2 Å². The summed E-state index contributed by atoms with van der Waals surface area (Å²) >= 11 is 3.44. The fourth-order valence-electron chi connectivity index (χ4n) is 2.42. The van der Waals surface area contributed by atoms with Gasteiger partial charge in [0.05, 0.1) is 0 Å². The Bertz CT molecular complexity index is 983. The number of amides is 2. The summed E-state index contributed by atoms with van der Waals surface area (Å²) in [4.78, 5) is 23.5. The summed E-state index contributed by atoms with van der Waals surface area (Å²) in [6.07, 6.45) is 0. The van der Waals surface area contributed by atoms with Gasteiger partial charge in [0.15, 0.2) is 0 Å². The fraction of sp³-hybridized carbons (Fsp3) is 0.0476. The lowest BCUT2D eigenvalue weighted by Gasteiger charge is -2.09. The molecule has 136 valence electrons. The topological polar surface area (TPSA) is 81.4 Å². The zero-order chi connectivity index (χ0) is 19.4. The van der Waals surface area contributed by atoms with Gasteiger partial charge in [0.1, 0.15) is 11.5 Å². The molecular weight excluding hydrogens is 408 g/mol. The highest BCUT2D eigenvalue weighted by Crippen LogP contribution is 2.23. The fourth-order valence-corrected chi connectivity index (χ4v) is 2.67. The van der Waals surface area contributed by atoms with E-state index in [1.54, 1.807) is 48.5 Å². The van der Waals surface area contributed by atoms with Crippen LogP contribution in [0.3, 0.4) is 0 Å². The Morgan fingerprint density at radius 1 is 0.889 bits per heavy atom. The van der Waals surface area contributed by atoms with Crippen LogP contribution >= 0.6 is 15.9 Å². The van der Waals surface area contributed by atoms with E-state index in [4.69, 9.17) is 10.5 Å². The van der Waals surface area contributed by atoms with Crippen molar-refractivity contribution in [1.82, 2.24) is 0 Å². The van der Waals surface area contributed by atoms with Gasteiger partial charge in [-0.05, 0) is 79.2 Å². The van der Waals surface area contributed by atoms with E-state index < -0.39 is 5.91 Å². The Hall–Kier alpha value is -3.12. The zero-order valence-electron chi connectivity index (χ0n) is 14.5. The van der Waals surface area contributed by atoms with Gasteiger partial charge in [-0.2, -0.15) is 0 Å². The van der Waals surface area contributed by atoms with Crippen molar-refractivity contribution in [3.63, 3.8) is 0 Å². The molecule has 0 saturated carbocycles. The van der Waals surface area contributed by atoms with Gasteiger partial charge < -0.3 is 15.8 Å². The van der Waals surface area contributed by atoms with Gasteiger partial charge in [0, 0.05) is 21.3 Å². The SMILES string of the molecule is Cc1cc(NC(=O)c2ccc(Oc3ccc(C(N)=O)cc3)cc2)ccc1Br. The Labute approximate surface area is 165 Å². The van der Waals surface area contributed by atoms with Crippen molar-refractivity contribution in [1.29, 1.82) is 0 Å². The summed E-state index contributed by atoms with van der Waals surface area (Å²) < 4.78 is 6.70. The van der Waals surface area contributed by atoms with Crippen LogP contribution in [0.1, 0.15) is 26.3 Å². The van der Waals surface area contributed by atoms with E-state index in [9.17, 15) is 9.59 Å². The number of primary amides is 1. The molecule has 5 nitrogen and oxygen atoms in total. The van der Waals surface area contributed by atoms with E-state index in [1.807, 2.05) is 25.1 Å². The maximum atomic E-state index is 12.4. The summed E-state index contributed by atoms with van der Waals surface area (Å²) in [6.45, 7) is 1.96. The number of rotatable bonds is 5. The van der Waals surface area contributed by atoms with Gasteiger partial charge in [-0.15, -0.1) is 0 Å². The number of carbonyl (C=O) groups is 2. The molecule has 3 aromatic carbocycles. The highest BCUT2D eigenvalue weighted by atomic mass is 79.9. The Balaban J connectivity index is 1.66. The molecule has 6 heteroatoms. The number of ether oxygens (including phenoxy) is 1. The van der Waals surface area contributed by atoms with Crippen LogP contribution in [0, 0.1) is 6.92 Å². The normalized spacial score (nSPS) is 10.3. The highest BCUT2D eigenvalue weighted by molar-refractivity contribution is 9.10. The summed E-state index contributed by atoms with van der Waals surface area (Å²) in [5, 5.41) is 2.87. The molecule has 0 aliphatic carbocycles. The van der Waals surface area contributed by atoms with Crippen LogP contribution in [0.5, 0.6) is 11.5 Å². The lowest BCUT2D eigenvalue weighted by atomic mass is 10.2. The van der Waals surface area contributed by atoms with E-state index >= 15 is 0 Å². The third-order valence-electron chi connectivity index (χ3n) is 3.91. The van der Waals surface area contributed by atoms with E-state index in [0.29, 0.717) is 22.6 Å². The standard InChI is InChI=1S/C21H17BrN2O3/c1-13-12-16(6-11-19(13)22)24-21(26)15-4-9-18(10-5-15)27-17-7-2-14(3-8-17)20(23)25/h2-12H,1H3,(H2,23,25)(H,24,26). The number of halogens is 1. The molecule has 0 saturated heterocycles. The summed E-state index contributed by atoms with van der Waals surface area (Å²) in [6, 6.07) is 18.9. The lowest BCUT2D eigenvalue weighted by Crippen LogP contribution is -2.11. The third-order valence-corrected chi connectivity index (χ3v) is 4.80. The van der Waals surface area contributed by atoms with Crippen molar-refractivity contribution in [2.45, 2.75) is 6.92 Å². The molecule has 0 radical (unpaired) electrons. The molecule has 0 heterocycles. The van der Waals surface area contributed by atoms with Gasteiger partial charge in [-0.1, -0.05) is 15.9 Å². The maximum Gasteiger partial charge on any atom is 0.255 e. The van der Waals surface area contributed by atoms with Crippen LogP contribution < -0.4 is 15.8 Å². The summed E-state index contributed by atoms with van der Waals surface area (Å²) in [5.74, 6) is 0.465. The van der Waals surface area contributed by atoms with Crippen LogP contribution in [-0.2, 0) is 0 Å². The Kier molecular flexibility index (Phi) is 5.57. The molecule has 0 aliphatic rings. The van der Waals surface area contributed by atoms with E-state index in [-0.39, 0.29) is 5.91 Å². The first kappa shape index (κ1) is 18.7. The Morgan fingerprint density at radius 3 is 1.96 bits per heavy atom. The third kappa shape index (κ3) is 4.74. The predicted molar refractivity (Wildman–Crippen MR) is 108 cm³/mol. The van der Waals surface area contributed by atoms with Gasteiger partial charge >= 0.3 is 0 Å². The van der Waals surface area contributed by atoms with Crippen LogP contribution in [0.25, 0.3) is 0 Å². The van der Waals surface area contributed by atoms with Crippen LogP contribution in [0.2, 0.25) is 0 Å². The minimum Gasteiger partial charge on any atom is -0.457 e. The van der Waals surface area contributed by atoms with Crippen molar-refractivity contribution in [2.75, 3.05) is 5.32 Å². The number of hydrogen-bond acceptors (Lipinski definition) is 3. The quantitative estimate of drug-likeness (QED) is 0.610. The average molecular weight is 425 g/mol. The monoisotopic (exact) mass is 424 g/mol. The molecule has 0 fully saturated rings. The number of benzene rings is 3. The second-order valence-corrected chi connectivity index (χ2v) is 6.79. The maximum absolute atomic E-state index is 12.4. The molecule has 0 bridgehead atoms. The molecule has 0 atom stereocenters. The van der Waals surface area contributed by atoms with Crippen molar-refractivity contribution >= 4 is 33.4 Å². The number of nitrogens with one attached hydrogen (secondary N) is 1. The molecule has 0 aliphatic heterocycles. The molecule has 3 aromatic rings.